The number of thiol groups is 1. The second-order valence-electron chi connectivity index (χ2n) is 2.54. The number of hydrogen-bond acceptors (Lipinski definition) is 4. The van der Waals surface area contributed by atoms with Crippen LogP contribution in [0.5, 0.6) is 5.75 Å². The topological polar surface area (TPSA) is 89.6 Å². The van der Waals surface area contributed by atoms with E-state index in [1.54, 1.807) is 0 Å². The number of nitrogens with two attached hydrogens (primary N) is 1. The zero-order valence-electron chi connectivity index (χ0n) is 7.08. The Bertz CT molecular complexity index is 338. The van der Waals surface area contributed by atoms with E-state index in [1.807, 2.05) is 0 Å². The maximum atomic E-state index is 10.6. The van der Waals surface area contributed by atoms with Gasteiger partial charge in [0.2, 0.25) is 0 Å². The number of carbonyl (C=O) groups excluding carboxylic acids is 1. The van der Waals surface area contributed by atoms with Crippen LogP contribution in [0.25, 0.3) is 0 Å². The van der Waals surface area contributed by atoms with Gasteiger partial charge in [-0.05, 0) is 17.7 Å². The van der Waals surface area contributed by atoms with E-state index >= 15 is 0 Å². The Balaban J connectivity index is 2.82. The van der Waals surface area contributed by atoms with Crippen molar-refractivity contribution in [3.63, 3.8) is 0 Å². The first-order valence-electron chi connectivity index (χ1n) is 3.72. The molecule has 1 atom stereocenters. The zero-order valence-corrected chi connectivity index (χ0v) is 7.98. The second-order valence-corrected chi connectivity index (χ2v) is 2.87. The molecule has 0 saturated carbocycles. The molecule has 0 aliphatic heterocycles. The molecule has 1 amide bonds. The minimum atomic E-state index is -1.33. The van der Waals surface area contributed by atoms with Gasteiger partial charge < -0.3 is 15.0 Å². The fraction of sp³-hybridized carbons (Fsp3) is 0.125. The van der Waals surface area contributed by atoms with Gasteiger partial charge in [0, 0.05) is 0 Å². The summed E-state index contributed by atoms with van der Waals surface area (Å²) in [4.78, 5) is 10.6. The zero-order chi connectivity index (χ0) is 10.6. The smallest absolute Gasteiger partial charge is 0.250 e. The quantitative estimate of drug-likeness (QED) is 0.587. The SMILES string of the molecule is NC(=O)C(O)c1ccc(O[SH]=O)cc1. The average Bonchev–Trinajstić information content (AvgIpc) is 2.18. The van der Waals surface area contributed by atoms with Gasteiger partial charge in [-0.2, -0.15) is 0 Å². The van der Waals surface area contributed by atoms with E-state index < -0.39 is 24.0 Å². The summed E-state index contributed by atoms with van der Waals surface area (Å²) in [6.45, 7) is 0. The predicted molar refractivity (Wildman–Crippen MR) is 50.8 cm³/mol. The van der Waals surface area contributed by atoms with Gasteiger partial charge in [-0.15, -0.1) is 0 Å². The van der Waals surface area contributed by atoms with Crippen molar-refractivity contribution in [1.82, 2.24) is 0 Å². The molecule has 1 aromatic rings. The molecule has 0 aliphatic rings. The molecule has 1 rings (SSSR count). The number of carbonyl (C=O) groups is 1. The lowest BCUT2D eigenvalue weighted by Crippen LogP contribution is -2.20. The second kappa shape index (κ2) is 4.73. The minimum absolute atomic E-state index is 0.368. The van der Waals surface area contributed by atoms with Crippen molar-refractivity contribution in [3.05, 3.63) is 29.8 Å². The van der Waals surface area contributed by atoms with Crippen LogP contribution in [0.15, 0.2) is 24.3 Å². The average molecular weight is 215 g/mol. The van der Waals surface area contributed by atoms with Gasteiger partial charge in [0.15, 0.2) is 18.1 Å². The third-order valence-corrected chi connectivity index (χ3v) is 1.89. The predicted octanol–water partition coefficient (Wildman–Crippen LogP) is -0.556. The van der Waals surface area contributed by atoms with E-state index in [9.17, 15) is 14.1 Å². The van der Waals surface area contributed by atoms with Crippen molar-refractivity contribution >= 4 is 17.9 Å². The van der Waals surface area contributed by atoms with Crippen LogP contribution in [-0.2, 0) is 16.7 Å². The number of rotatable bonds is 4. The van der Waals surface area contributed by atoms with Gasteiger partial charge in [0.25, 0.3) is 5.91 Å². The highest BCUT2D eigenvalue weighted by atomic mass is 32.2. The van der Waals surface area contributed by atoms with Crippen LogP contribution in [0.3, 0.4) is 0 Å². The number of benzene rings is 1. The van der Waals surface area contributed by atoms with Crippen molar-refractivity contribution in [2.24, 2.45) is 5.73 Å². The summed E-state index contributed by atoms with van der Waals surface area (Å²) in [5.41, 5.74) is 5.26. The molecular formula is C8H9NO4S. The van der Waals surface area contributed by atoms with Gasteiger partial charge in [0.05, 0.1) is 0 Å². The van der Waals surface area contributed by atoms with Crippen LogP contribution in [-0.4, -0.2) is 15.2 Å². The molecule has 1 unspecified atom stereocenters. The lowest BCUT2D eigenvalue weighted by Gasteiger charge is -2.06. The summed E-state index contributed by atoms with van der Waals surface area (Å²) >= 11 is -0.456. The minimum Gasteiger partial charge on any atom is -0.403 e. The van der Waals surface area contributed by atoms with Crippen molar-refractivity contribution in [3.8, 4) is 5.75 Å². The van der Waals surface area contributed by atoms with Gasteiger partial charge in [0.1, 0.15) is 5.75 Å². The Labute approximate surface area is 84.2 Å². The van der Waals surface area contributed by atoms with Crippen LogP contribution >= 0.6 is 0 Å². The summed E-state index contributed by atoms with van der Waals surface area (Å²) in [7, 11) is 0. The molecular weight excluding hydrogens is 206 g/mol. The Kier molecular flexibility index (Phi) is 3.61. The molecule has 1 aromatic carbocycles. The summed E-state index contributed by atoms with van der Waals surface area (Å²) < 4.78 is 14.7. The molecule has 0 aliphatic carbocycles. The molecule has 0 radical (unpaired) electrons. The van der Waals surface area contributed by atoms with E-state index in [0.29, 0.717) is 11.3 Å². The Morgan fingerprint density at radius 1 is 1.43 bits per heavy atom. The lowest BCUT2D eigenvalue weighted by atomic mass is 10.1. The number of hydrogen-bond donors (Lipinski definition) is 3. The Morgan fingerprint density at radius 3 is 2.43 bits per heavy atom. The fourth-order valence-corrected chi connectivity index (χ4v) is 1.13. The van der Waals surface area contributed by atoms with Crippen LogP contribution in [0.1, 0.15) is 11.7 Å². The first kappa shape index (κ1) is 10.7. The Morgan fingerprint density at radius 2 is 2.00 bits per heavy atom. The van der Waals surface area contributed by atoms with Crippen LogP contribution < -0.4 is 9.92 Å². The van der Waals surface area contributed by atoms with E-state index in [4.69, 9.17) is 5.73 Å². The normalized spacial score (nSPS) is 12.1. The third kappa shape index (κ3) is 2.54. The molecule has 3 N–H and O–H groups in total. The van der Waals surface area contributed by atoms with Crippen LogP contribution in [0.4, 0.5) is 0 Å². The fourth-order valence-electron chi connectivity index (χ4n) is 0.918. The summed E-state index contributed by atoms with van der Waals surface area (Å²) in [5.74, 6) is -0.442. The lowest BCUT2D eigenvalue weighted by molar-refractivity contribution is -0.126. The first-order chi connectivity index (χ1) is 6.65. The summed E-state index contributed by atoms with van der Waals surface area (Å²) in [6, 6.07) is 5.89. The summed E-state index contributed by atoms with van der Waals surface area (Å²) in [6.07, 6.45) is -1.33. The molecule has 6 heteroatoms. The number of amides is 1. The van der Waals surface area contributed by atoms with Crippen LogP contribution in [0.2, 0.25) is 0 Å². The summed E-state index contributed by atoms with van der Waals surface area (Å²) in [5, 5.41) is 9.24. The van der Waals surface area contributed by atoms with E-state index in [2.05, 4.69) is 4.18 Å². The molecule has 0 spiro atoms. The highest BCUT2D eigenvalue weighted by Gasteiger charge is 2.12. The van der Waals surface area contributed by atoms with Gasteiger partial charge >= 0.3 is 0 Å². The van der Waals surface area contributed by atoms with Gasteiger partial charge in [-0.1, -0.05) is 12.1 Å². The maximum Gasteiger partial charge on any atom is 0.250 e. The maximum absolute atomic E-state index is 10.6. The molecule has 0 aromatic heterocycles. The number of primary amides is 1. The number of aliphatic hydroxyl groups excluding tert-OH is 1. The van der Waals surface area contributed by atoms with Gasteiger partial charge in [-0.25, -0.2) is 4.21 Å². The highest BCUT2D eigenvalue weighted by molar-refractivity contribution is 7.60. The van der Waals surface area contributed by atoms with E-state index in [1.165, 1.54) is 24.3 Å². The largest absolute Gasteiger partial charge is 0.403 e. The molecule has 0 heterocycles. The van der Waals surface area contributed by atoms with Crippen molar-refractivity contribution in [2.45, 2.75) is 6.10 Å². The van der Waals surface area contributed by atoms with E-state index in [-0.39, 0.29) is 0 Å². The third-order valence-electron chi connectivity index (χ3n) is 1.61. The molecule has 5 nitrogen and oxygen atoms in total. The van der Waals surface area contributed by atoms with Crippen molar-refractivity contribution < 1.29 is 18.3 Å². The van der Waals surface area contributed by atoms with Crippen LogP contribution in [0, 0.1) is 0 Å². The standard InChI is InChI=1S/C8H9NO4S/c9-8(11)7(10)5-1-3-6(4-2-5)13-14-12/h1-4,7,10,14H,(H2,9,11). The number of aliphatic hydroxyl groups is 1. The molecule has 0 bridgehead atoms. The van der Waals surface area contributed by atoms with E-state index in [0.717, 1.165) is 0 Å². The molecule has 14 heavy (non-hydrogen) atoms. The van der Waals surface area contributed by atoms with Crippen molar-refractivity contribution in [1.29, 1.82) is 0 Å². The molecule has 76 valence electrons. The van der Waals surface area contributed by atoms with Crippen molar-refractivity contribution in [2.75, 3.05) is 0 Å². The monoisotopic (exact) mass is 215 g/mol. The molecule has 0 fully saturated rings. The Hall–Kier alpha value is -1.40. The highest BCUT2D eigenvalue weighted by Crippen LogP contribution is 2.17. The first-order valence-corrected chi connectivity index (χ1v) is 4.45. The van der Waals surface area contributed by atoms with Gasteiger partial charge in [-0.3, -0.25) is 4.79 Å². The molecule has 0 saturated heterocycles.